The van der Waals surface area contributed by atoms with Crippen molar-refractivity contribution in [1.29, 1.82) is 0 Å². The quantitative estimate of drug-likeness (QED) is 0.709. The van der Waals surface area contributed by atoms with Gasteiger partial charge in [-0.1, -0.05) is 12.1 Å². The molecule has 28 heavy (non-hydrogen) atoms. The number of aromatic nitrogens is 2. The summed E-state index contributed by atoms with van der Waals surface area (Å²) in [7, 11) is 0. The Morgan fingerprint density at radius 1 is 1.25 bits per heavy atom. The van der Waals surface area contributed by atoms with E-state index in [0.29, 0.717) is 5.76 Å². The Labute approximate surface area is 156 Å². The molecular formula is C18H15F3N4O3. The van der Waals surface area contributed by atoms with Crippen LogP contribution in [-0.4, -0.2) is 15.7 Å². The van der Waals surface area contributed by atoms with Crippen molar-refractivity contribution in [1.82, 2.24) is 9.78 Å². The number of nitrogens with one attached hydrogen (secondary N) is 1. The van der Waals surface area contributed by atoms with E-state index < -0.39 is 34.9 Å². The van der Waals surface area contributed by atoms with Crippen molar-refractivity contribution in [2.45, 2.75) is 19.1 Å². The summed E-state index contributed by atoms with van der Waals surface area (Å²) in [4.78, 5) is 24.8. The number of rotatable bonds is 4. The molecule has 0 saturated heterocycles. The zero-order valence-electron chi connectivity index (χ0n) is 14.5. The number of furan rings is 1. The van der Waals surface area contributed by atoms with Crippen molar-refractivity contribution in [3.63, 3.8) is 0 Å². The third-order valence-electron chi connectivity index (χ3n) is 3.97. The average Bonchev–Trinajstić information content (AvgIpc) is 3.17. The zero-order chi connectivity index (χ0) is 20.5. The normalized spacial score (nSPS) is 12.6. The number of halogens is 3. The van der Waals surface area contributed by atoms with Crippen LogP contribution in [0.5, 0.6) is 0 Å². The van der Waals surface area contributed by atoms with E-state index in [4.69, 9.17) is 10.2 Å². The Morgan fingerprint density at radius 2 is 1.96 bits per heavy atom. The molecule has 0 spiro atoms. The van der Waals surface area contributed by atoms with Gasteiger partial charge in [0.15, 0.2) is 5.76 Å². The van der Waals surface area contributed by atoms with Gasteiger partial charge in [0.25, 0.3) is 5.56 Å². The van der Waals surface area contributed by atoms with Crippen LogP contribution in [0.4, 0.5) is 24.5 Å². The Morgan fingerprint density at radius 3 is 2.61 bits per heavy atom. The van der Waals surface area contributed by atoms with Crippen molar-refractivity contribution in [2.75, 3.05) is 11.1 Å². The second-order valence-corrected chi connectivity index (χ2v) is 5.92. The van der Waals surface area contributed by atoms with Crippen LogP contribution >= 0.6 is 0 Å². The van der Waals surface area contributed by atoms with Gasteiger partial charge in [0.1, 0.15) is 17.4 Å². The van der Waals surface area contributed by atoms with E-state index in [1.807, 2.05) is 0 Å². The van der Waals surface area contributed by atoms with Crippen molar-refractivity contribution in [3.8, 4) is 11.5 Å². The van der Waals surface area contributed by atoms with Gasteiger partial charge < -0.3 is 15.5 Å². The molecule has 0 aliphatic carbocycles. The number of carbonyl (C=O) groups is 1. The zero-order valence-corrected chi connectivity index (χ0v) is 14.5. The highest BCUT2D eigenvalue weighted by Crippen LogP contribution is 2.34. The number of nitrogens with two attached hydrogens (primary N) is 1. The van der Waals surface area contributed by atoms with Crippen LogP contribution in [0.1, 0.15) is 18.5 Å². The minimum absolute atomic E-state index is 0.184. The van der Waals surface area contributed by atoms with Gasteiger partial charge in [-0.25, -0.2) is 4.68 Å². The summed E-state index contributed by atoms with van der Waals surface area (Å²) in [6, 6.07) is 7.79. The first-order chi connectivity index (χ1) is 13.2. The molecule has 2 aromatic heterocycles. The first-order valence-electron chi connectivity index (χ1n) is 8.09. The lowest BCUT2D eigenvalue weighted by Gasteiger charge is -2.18. The molecule has 3 N–H and O–H groups in total. The van der Waals surface area contributed by atoms with Crippen molar-refractivity contribution in [3.05, 3.63) is 64.6 Å². The lowest BCUT2D eigenvalue weighted by molar-refractivity contribution is -0.137. The fourth-order valence-corrected chi connectivity index (χ4v) is 2.53. The van der Waals surface area contributed by atoms with Gasteiger partial charge in [0, 0.05) is 0 Å². The molecule has 3 rings (SSSR count). The van der Waals surface area contributed by atoms with E-state index in [1.54, 1.807) is 12.1 Å². The lowest BCUT2D eigenvalue weighted by atomic mass is 10.1. The molecule has 1 aromatic carbocycles. The summed E-state index contributed by atoms with van der Waals surface area (Å²) in [5.41, 5.74) is 3.56. The lowest BCUT2D eigenvalue weighted by Crippen LogP contribution is -2.35. The monoisotopic (exact) mass is 392 g/mol. The topological polar surface area (TPSA) is 103 Å². The van der Waals surface area contributed by atoms with Crippen LogP contribution in [0.3, 0.4) is 0 Å². The summed E-state index contributed by atoms with van der Waals surface area (Å²) in [6.45, 7) is 1.32. The molecule has 0 fully saturated rings. The minimum atomic E-state index is -4.65. The van der Waals surface area contributed by atoms with Crippen LogP contribution in [0.15, 0.2) is 57.9 Å². The Kier molecular flexibility index (Phi) is 4.95. The molecule has 1 amide bonds. The van der Waals surface area contributed by atoms with E-state index in [9.17, 15) is 22.8 Å². The standard InChI is InChI=1S/C18H15F3N4O3/c1-10(16(26)23-13-6-3-2-5-11(13)18(19,20)21)25-17(27)12(22)9-14(24-25)15-7-4-8-28-15/h2-10H,22H2,1H3,(H,23,26)/t10-/m0/s1. The Bertz CT molecular complexity index is 1060. The highest BCUT2D eigenvalue weighted by atomic mass is 19.4. The molecule has 0 aliphatic heterocycles. The summed E-state index contributed by atoms with van der Waals surface area (Å²) in [5, 5.41) is 6.25. The largest absolute Gasteiger partial charge is 0.463 e. The molecule has 0 bridgehead atoms. The van der Waals surface area contributed by atoms with Gasteiger partial charge in [0.05, 0.1) is 17.5 Å². The van der Waals surface area contributed by atoms with E-state index in [-0.39, 0.29) is 11.4 Å². The SMILES string of the molecule is C[C@@H](C(=O)Nc1ccccc1C(F)(F)F)n1nc(-c2ccco2)cc(N)c1=O. The van der Waals surface area contributed by atoms with Gasteiger partial charge in [-0.3, -0.25) is 9.59 Å². The van der Waals surface area contributed by atoms with Crippen LogP contribution in [0, 0.1) is 0 Å². The van der Waals surface area contributed by atoms with Crippen molar-refractivity contribution < 1.29 is 22.4 Å². The smallest absolute Gasteiger partial charge is 0.418 e. The predicted molar refractivity (Wildman–Crippen MR) is 95.4 cm³/mol. The molecule has 3 aromatic rings. The van der Waals surface area contributed by atoms with Crippen LogP contribution < -0.4 is 16.6 Å². The number of amides is 1. The van der Waals surface area contributed by atoms with Gasteiger partial charge in [0.2, 0.25) is 5.91 Å². The fourth-order valence-electron chi connectivity index (χ4n) is 2.53. The predicted octanol–water partition coefficient (Wildman–Crippen LogP) is 3.30. The number of hydrogen-bond acceptors (Lipinski definition) is 5. The number of para-hydroxylation sites is 1. The first-order valence-corrected chi connectivity index (χ1v) is 8.09. The van der Waals surface area contributed by atoms with Gasteiger partial charge in [-0.2, -0.15) is 18.3 Å². The number of benzene rings is 1. The number of alkyl halides is 3. The second kappa shape index (κ2) is 7.22. The molecule has 7 nitrogen and oxygen atoms in total. The second-order valence-electron chi connectivity index (χ2n) is 5.92. The molecule has 0 radical (unpaired) electrons. The number of nitrogens with zero attached hydrogens (tertiary/aromatic N) is 2. The number of hydrogen-bond donors (Lipinski definition) is 2. The van der Waals surface area contributed by atoms with Crippen LogP contribution in [-0.2, 0) is 11.0 Å². The van der Waals surface area contributed by atoms with E-state index in [2.05, 4.69) is 10.4 Å². The molecule has 2 heterocycles. The highest BCUT2D eigenvalue weighted by molar-refractivity contribution is 5.94. The third-order valence-corrected chi connectivity index (χ3v) is 3.97. The average molecular weight is 392 g/mol. The molecule has 0 aliphatic rings. The summed E-state index contributed by atoms with van der Waals surface area (Å²) in [5.74, 6) is -0.544. The third kappa shape index (κ3) is 3.75. The molecule has 146 valence electrons. The van der Waals surface area contributed by atoms with Gasteiger partial charge >= 0.3 is 6.18 Å². The highest BCUT2D eigenvalue weighted by Gasteiger charge is 2.34. The van der Waals surface area contributed by atoms with Crippen LogP contribution in [0.25, 0.3) is 11.5 Å². The number of nitrogen functional groups attached to an aromatic ring is 1. The summed E-state index contributed by atoms with van der Waals surface area (Å²) in [6.07, 6.45) is -3.25. The summed E-state index contributed by atoms with van der Waals surface area (Å²) >= 11 is 0. The molecule has 0 saturated carbocycles. The fraction of sp³-hybridized carbons (Fsp3) is 0.167. The molecular weight excluding hydrogens is 377 g/mol. The van der Waals surface area contributed by atoms with E-state index in [0.717, 1.165) is 16.8 Å². The van der Waals surface area contributed by atoms with Crippen LogP contribution in [0.2, 0.25) is 0 Å². The number of anilines is 2. The summed E-state index contributed by atoms with van der Waals surface area (Å²) < 4.78 is 45.3. The van der Waals surface area contributed by atoms with Gasteiger partial charge in [-0.05, 0) is 37.3 Å². The number of carbonyl (C=O) groups excluding carboxylic acids is 1. The minimum Gasteiger partial charge on any atom is -0.463 e. The maximum Gasteiger partial charge on any atom is 0.418 e. The molecule has 0 unspecified atom stereocenters. The maximum atomic E-state index is 13.1. The van der Waals surface area contributed by atoms with E-state index in [1.165, 1.54) is 31.4 Å². The van der Waals surface area contributed by atoms with Crippen molar-refractivity contribution >= 4 is 17.3 Å². The molecule has 10 heteroatoms. The maximum absolute atomic E-state index is 13.1. The van der Waals surface area contributed by atoms with Crippen molar-refractivity contribution in [2.24, 2.45) is 0 Å². The van der Waals surface area contributed by atoms with Gasteiger partial charge in [-0.15, -0.1) is 0 Å². The Balaban J connectivity index is 1.94. The molecule has 1 atom stereocenters. The van der Waals surface area contributed by atoms with E-state index >= 15 is 0 Å². The Hall–Kier alpha value is -3.56. The first kappa shape index (κ1) is 19.2.